The fraction of sp³-hybridized carbons (Fsp3) is 0.938. The van der Waals surface area contributed by atoms with Gasteiger partial charge >= 0.3 is 5.97 Å². The number of esters is 1. The van der Waals surface area contributed by atoms with Crippen LogP contribution in [0.1, 0.15) is 239 Å². The van der Waals surface area contributed by atoms with Crippen LogP contribution in [0.15, 0.2) is 0 Å². The molecule has 0 radical (unpaired) electrons. The lowest BCUT2D eigenvalue weighted by molar-refractivity contribution is -0.150. The van der Waals surface area contributed by atoms with Crippen LogP contribution >= 0.6 is 12.2 Å². The molecule has 0 aliphatic carbocycles. The van der Waals surface area contributed by atoms with Gasteiger partial charge in [0.05, 0.1) is 0 Å². The third-order valence-electron chi connectivity index (χ3n) is 11.2. The van der Waals surface area contributed by atoms with Gasteiger partial charge in [0.15, 0.2) is 10.9 Å². The fourth-order valence-corrected chi connectivity index (χ4v) is 7.58. The molecule has 0 aromatic carbocycles. The summed E-state index contributed by atoms with van der Waals surface area (Å²) in [6.07, 6.45) is 40.2. The summed E-state index contributed by atoms with van der Waals surface area (Å²) in [6.45, 7) is 12.0. The smallest absolute Gasteiger partial charge is 0.306 e. The van der Waals surface area contributed by atoms with E-state index in [1.807, 2.05) is 7.05 Å². The molecule has 0 saturated carbocycles. The Bertz CT molecular complexity index is 844. The summed E-state index contributed by atoms with van der Waals surface area (Å²) in [5, 5.41) is 7.00. The van der Waals surface area contributed by atoms with Gasteiger partial charge in [-0.1, -0.05) is 162 Å². The Morgan fingerprint density at radius 2 is 0.964 bits per heavy atom. The lowest BCUT2D eigenvalue weighted by Crippen LogP contribution is -2.35. The number of carbonyl (C=O) groups excluding carboxylic acids is 2. The van der Waals surface area contributed by atoms with Gasteiger partial charge in [-0.25, -0.2) is 0 Å². The van der Waals surface area contributed by atoms with Gasteiger partial charge in [-0.3, -0.25) is 9.59 Å². The van der Waals surface area contributed by atoms with Crippen LogP contribution in [0.4, 0.5) is 0 Å². The van der Waals surface area contributed by atoms with Gasteiger partial charge in [-0.2, -0.15) is 0 Å². The lowest BCUT2D eigenvalue weighted by atomic mass is 10.0. The number of ether oxygens (including phenoxy) is 2. The zero-order valence-corrected chi connectivity index (χ0v) is 38.7. The molecule has 0 bridgehead atoms. The summed E-state index contributed by atoms with van der Waals surface area (Å²) < 4.78 is 11.7. The number of nitrogens with zero attached hydrogens (tertiary/aromatic N) is 1. The maximum Gasteiger partial charge on any atom is 0.306 e. The predicted molar refractivity (Wildman–Crippen MR) is 246 cm³/mol. The monoisotopic (exact) mass is 810 g/mol. The molecule has 8 heteroatoms. The van der Waals surface area contributed by atoms with Gasteiger partial charge in [-0.05, 0) is 96.1 Å². The highest BCUT2D eigenvalue weighted by Crippen LogP contribution is 2.18. The molecule has 0 saturated heterocycles. The minimum atomic E-state index is 0.0270. The molecule has 0 unspecified atom stereocenters. The second-order valence-electron chi connectivity index (χ2n) is 16.7. The molecule has 0 aliphatic rings. The number of ketones is 1. The second kappa shape index (κ2) is 44.8. The summed E-state index contributed by atoms with van der Waals surface area (Å²) in [6, 6.07) is 0. The highest BCUT2D eigenvalue weighted by Gasteiger charge is 2.14. The van der Waals surface area contributed by atoms with Crippen LogP contribution in [0.2, 0.25) is 0 Å². The quantitative estimate of drug-likeness (QED) is 0.0358. The van der Waals surface area contributed by atoms with Crippen molar-refractivity contribution in [3.8, 4) is 0 Å². The van der Waals surface area contributed by atoms with E-state index in [0.717, 1.165) is 84.2 Å². The number of rotatable bonds is 45. The lowest BCUT2D eigenvalue weighted by Gasteiger charge is -2.22. The molecular formula is C48H95N3O4S. The first-order valence-electron chi connectivity index (χ1n) is 24.4. The van der Waals surface area contributed by atoms with Gasteiger partial charge in [0.1, 0.15) is 12.7 Å². The van der Waals surface area contributed by atoms with E-state index in [0.29, 0.717) is 24.6 Å². The number of carbonyl (C=O) groups is 2. The first kappa shape index (κ1) is 54.8. The zero-order chi connectivity index (χ0) is 41.0. The molecule has 56 heavy (non-hydrogen) atoms. The van der Waals surface area contributed by atoms with Crippen LogP contribution in [0.5, 0.6) is 0 Å². The number of Topliss-reactive ketones (excluding diaryl/α,β-unsaturated/α-hetero) is 1. The Morgan fingerprint density at radius 1 is 0.536 bits per heavy atom. The minimum Gasteiger partial charge on any atom is -0.462 e. The average molecular weight is 810 g/mol. The standard InChI is InChI=1S/C48H95N3O4S/c1-5-8-11-14-17-26-33-43-54-44-45(52)35-27-20-18-24-31-40-51(42-34-39-50-48(56)49-4)41-32-25-19-23-30-38-47(53)55-46(36-28-21-15-12-9-6-2)37-29-22-16-13-10-7-3/h46H,5-44H2,1-4H3,(H2,49,50,56). The largest absolute Gasteiger partial charge is 0.462 e. The van der Waals surface area contributed by atoms with Crippen LogP contribution in [-0.2, 0) is 19.1 Å². The maximum absolute atomic E-state index is 12.8. The molecule has 2 N–H and O–H groups in total. The molecule has 332 valence electrons. The summed E-state index contributed by atoms with van der Waals surface area (Å²) >= 11 is 5.25. The number of thiocarbonyl (C=S) groups is 1. The van der Waals surface area contributed by atoms with Crippen molar-refractivity contribution in [2.75, 3.05) is 46.4 Å². The van der Waals surface area contributed by atoms with Crippen LogP contribution in [-0.4, -0.2) is 74.3 Å². The van der Waals surface area contributed by atoms with E-state index in [1.165, 1.54) is 154 Å². The number of hydrogen-bond acceptors (Lipinski definition) is 6. The van der Waals surface area contributed by atoms with E-state index >= 15 is 0 Å². The van der Waals surface area contributed by atoms with Crippen molar-refractivity contribution in [2.45, 2.75) is 245 Å². The Labute approximate surface area is 354 Å². The normalized spacial score (nSPS) is 11.5. The van der Waals surface area contributed by atoms with Gasteiger partial charge in [-0.15, -0.1) is 0 Å². The summed E-state index contributed by atoms with van der Waals surface area (Å²) in [5.41, 5.74) is 0. The van der Waals surface area contributed by atoms with E-state index in [4.69, 9.17) is 21.7 Å². The third-order valence-corrected chi connectivity index (χ3v) is 11.5. The molecule has 0 heterocycles. The maximum atomic E-state index is 12.8. The highest BCUT2D eigenvalue weighted by atomic mass is 32.1. The first-order valence-corrected chi connectivity index (χ1v) is 24.8. The van der Waals surface area contributed by atoms with Gasteiger partial charge in [0.25, 0.3) is 0 Å². The molecule has 0 aromatic heterocycles. The van der Waals surface area contributed by atoms with E-state index in [9.17, 15) is 9.59 Å². The topological polar surface area (TPSA) is 79.9 Å². The Hall–Kier alpha value is -1.25. The number of unbranched alkanes of at least 4 members (excludes halogenated alkanes) is 24. The molecule has 0 atom stereocenters. The third kappa shape index (κ3) is 40.9. The molecule has 0 aliphatic heterocycles. The molecule has 0 aromatic rings. The zero-order valence-electron chi connectivity index (χ0n) is 37.9. The predicted octanol–water partition coefficient (Wildman–Crippen LogP) is 13.2. The molecule has 0 spiro atoms. The van der Waals surface area contributed by atoms with Crippen molar-refractivity contribution in [3.63, 3.8) is 0 Å². The van der Waals surface area contributed by atoms with Crippen molar-refractivity contribution in [1.29, 1.82) is 0 Å². The van der Waals surface area contributed by atoms with Crippen molar-refractivity contribution < 1.29 is 19.1 Å². The van der Waals surface area contributed by atoms with Crippen molar-refractivity contribution in [3.05, 3.63) is 0 Å². The van der Waals surface area contributed by atoms with Gasteiger partial charge in [0, 0.05) is 33.0 Å². The van der Waals surface area contributed by atoms with Crippen molar-refractivity contribution in [2.24, 2.45) is 0 Å². The van der Waals surface area contributed by atoms with Crippen molar-refractivity contribution >= 4 is 29.1 Å². The number of hydrogen-bond donors (Lipinski definition) is 2. The van der Waals surface area contributed by atoms with Crippen molar-refractivity contribution in [1.82, 2.24) is 15.5 Å². The number of nitrogens with one attached hydrogen (secondary N) is 2. The van der Waals surface area contributed by atoms with E-state index < -0.39 is 0 Å². The summed E-state index contributed by atoms with van der Waals surface area (Å²) in [4.78, 5) is 27.7. The van der Waals surface area contributed by atoms with Gasteiger partial charge < -0.3 is 25.0 Å². The van der Waals surface area contributed by atoms with E-state index in [-0.39, 0.29) is 17.9 Å². The fourth-order valence-electron chi connectivity index (χ4n) is 7.48. The molecule has 7 nitrogen and oxygen atoms in total. The first-order chi connectivity index (χ1) is 27.5. The average Bonchev–Trinajstić information content (AvgIpc) is 3.19. The molecular weight excluding hydrogens is 715 g/mol. The summed E-state index contributed by atoms with van der Waals surface area (Å²) in [5.74, 6) is 0.288. The van der Waals surface area contributed by atoms with Crippen LogP contribution < -0.4 is 10.6 Å². The summed E-state index contributed by atoms with van der Waals surface area (Å²) in [7, 11) is 1.86. The molecule has 0 fully saturated rings. The Kier molecular flexibility index (Phi) is 43.8. The molecule has 0 amide bonds. The Morgan fingerprint density at radius 3 is 1.48 bits per heavy atom. The molecule has 0 rings (SSSR count). The second-order valence-corrected chi connectivity index (χ2v) is 17.1. The van der Waals surface area contributed by atoms with Crippen LogP contribution in [0.3, 0.4) is 0 Å². The van der Waals surface area contributed by atoms with Gasteiger partial charge in [0.2, 0.25) is 0 Å². The Balaban J connectivity index is 4.27. The van der Waals surface area contributed by atoms with Crippen LogP contribution in [0, 0.1) is 0 Å². The van der Waals surface area contributed by atoms with E-state index in [1.54, 1.807) is 0 Å². The highest BCUT2D eigenvalue weighted by molar-refractivity contribution is 7.80. The van der Waals surface area contributed by atoms with Crippen LogP contribution in [0.25, 0.3) is 0 Å². The SMILES string of the molecule is CCCCCCCCCOCC(=O)CCCCCCCN(CCCCCCCC(=O)OC(CCCCCCCC)CCCCCCCC)CCCNC(=S)NC. The van der Waals surface area contributed by atoms with E-state index in [2.05, 4.69) is 36.3 Å². The minimum absolute atomic E-state index is 0.0270.